The molecule has 1 heterocycles. The Labute approximate surface area is 117 Å². The quantitative estimate of drug-likeness (QED) is 0.922. The summed E-state index contributed by atoms with van der Waals surface area (Å²) in [7, 11) is 0. The van der Waals surface area contributed by atoms with Crippen LogP contribution in [0.2, 0.25) is 0 Å². The topological polar surface area (TPSA) is 63.3 Å². The number of rotatable bonds is 4. The van der Waals surface area contributed by atoms with Crippen molar-refractivity contribution in [3.05, 3.63) is 29.7 Å². The molecule has 3 rings (SSSR count). The summed E-state index contributed by atoms with van der Waals surface area (Å²) in [5.41, 5.74) is 2.59. The van der Waals surface area contributed by atoms with Gasteiger partial charge in [0.05, 0.1) is 6.42 Å². The van der Waals surface area contributed by atoms with Gasteiger partial charge in [-0.05, 0) is 36.8 Å². The SMILES string of the molecule is Cc1cccc2nc(CC3(CC(=O)O)CCCC3)oc12. The van der Waals surface area contributed by atoms with Crippen LogP contribution >= 0.6 is 0 Å². The predicted octanol–water partition coefficient (Wildman–Crippen LogP) is 3.71. The Hall–Kier alpha value is -1.84. The molecule has 0 aliphatic heterocycles. The van der Waals surface area contributed by atoms with Gasteiger partial charge in [-0.2, -0.15) is 0 Å². The summed E-state index contributed by atoms with van der Waals surface area (Å²) in [4.78, 5) is 15.7. The summed E-state index contributed by atoms with van der Waals surface area (Å²) in [6, 6.07) is 5.90. The fourth-order valence-electron chi connectivity index (χ4n) is 3.39. The Balaban J connectivity index is 1.90. The summed E-state index contributed by atoms with van der Waals surface area (Å²) in [5.74, 6) is -0.0448. The first-order valence-corrected chi connectivity index (χ1v) is 7.15. The highest BCUT2D eigenvalue weighted by atomic mass is 16.4. The van der Waals surface area contributed by atoms with Crippen molar-refractivity contribution in [2.75, 3.05) is 0 Å². The highest BCUT2D eigenvalue weighted by molar-refractivity contribution is 5.76. The molecule has 0 unspecified atom stereocenters. The Morgan fingerprint density at radius 3 is 2.80 bits per heavy atom. The largest absolute Gasteiger partial charge is 0.481 e. The second kappa shape index (κ2) is 4.93. The molecule has 0 atom stereocenters. The van der Waals surface area contributed by atoms with Crippen LogP contribution in [-0.2, 0) is 11.2 Å². The minimum absolute atomic E-state index is 0.166. The van der Waals surface area contributed by atoms with Crippen molar-refractivity contribution < 1.29 is 14.3 Å². The van der Waals surface area contributed by atoms with E-state index in [1.54, 1.807) is 0 Å². The third-order valence-corrected chi connectivity index (χ3v) is 4.37. The molecular weight excluding hydrogens is 254 g/mol. The van der Waals surface area contributed by atoms with Gasteiger partial charge < -0.3 is 9.52 Å². The molecule has 2 aromatic rings. The van der Waals surface area contributed by atoms with Crippen LogP contribution in [0.25, 0.3) is 11.1 Å². The number of hydrogen-bond acceptors (Lipinski definition) is 3. The van der Waals surface area contributed by atoms with Gasteiger partial charge in [0.25, 0.3) is 0 Å². The van der Waals surface area contributed by atoms with E-state index < -0.39 is 5.97 Å². The fourth-order valence-corrected chi connectivity index (χ4v) is 3.39. The van der Waals surface area contributed by atoms with E-state index in [0.29, 0.717) is 12.3 Å². The first-order valence-electron chi connectivity index (χ1n) is 7.15. The number of oxazole rings is 1. The Kier molecular flexibility index (Phi) is 3.24. The van der Waals surface area contributed by atoms with Gasteiger partial charge in [0.15, 0.2) is 11.5 Å². The van der Waals surface area contributed by atoms with E-state index in [1.165, 1.54) is 0 Å². The summed E-state index contributed by atoms with van der Waals surface area (Å²) >= 11 is 0. The van der Waals surface area contributed by atoms with Crippen LogP contribution < -0.4 is 0 Å². The number of aliphatic carboxylic acids is 1. The second-order valence-corrected chi connectivity index (χ2v) is 5.99. The average Bonchev–Trinajstić information content (AvgIpc) is 2.96. The first-order chi connectivity index (χ1) is 9.58. The molecule has 106 valence electrons. The molecule has 1 fully saturated rings. The van der Waals surface area contributed by atoms with Gasteiger partial charge in [-0.1, -0.05) is 25.0 Å². The maximum absolute atomic E-state index is 11.1. The van der Waals surface area contributed by atoms with Gasteiger partial charge >= 0.3 is 5.97 Å². The summed E-state index contributed by atoms with van der Waals surface area (Å²) in [6.07, 6.45) is 4.96. The van der Waals surface area contributed by atoms with Crippen LogP contribution in [0.1, 0.15) is 43.6 Å². The third kappa shape index (κ3) is 2.42. The number of carboxylic acids is 1. The van der Waals surface area contributed by atoms with Gasteiger partial charge in [0.2, 0.25) is 0 Å². The van der Waals surface area contributed by atoms with Crippen LogP contribution in [0.3, 0.4) is 0 Å². The van der Waals surface area contributed by atoms with Crippen molar-refractivity contribution in [3.63, 3.8) is 0 Å². The van der Waals surface area contributed by atoms with Crippen molar-refractivity contribution in [1.82, 2.24) is 4.98 Å². The zero-order valence-electron chi connectivity index (χ0n) is 11.7. The smallest absolute Gasteiger partial charge is 0.303 e. The molecule has 1 aliphatic rings. The Morgan fingerprint density at radius 1 is 1.40 bits per heavy atom. The highest BCUT2D eigenvalue weighted by Crippen LogP contribution is 2.44. The van der Waals surface area contributed by atoms with Crippen molar-refractivity contribution >= 4 is 17.1 Å². The number of fused-ring (bicyclic) bond motifs is 1. The monoisotopic (exact) mass is 273 g/mol. The number of aromatic nitrogens is 1. The van der Waals surface area contributed by atoms with E-state index in [1.807, 2.05) is 25.1 Å². The summed E-state index contributed by atoms with van der Waals surface area (Å²) < 4.78 is 5.86. The van der Waals surface area contributed by atoms with Crippen LogP contribution in [-0.4, -0.2) is 16.1 Å². The van der Waals surface area contributed by atoms with Gasteiger partial charge in [-0.15, -0.1) is 0 Å². The van der Waals surface area contributed by atoms with Gasteiger partial charge in [0, 0.05) is 6.42 Å². The van der Waals surface area contributed by atoms with Crippen molar-refractivity contribution in [2.45, 2.75) is 45.4 Å². The minimum Gasteiger partial charge on any atom is -0.481 e. The second-order valence-electron chi connectivity index (χ2n) is 5.99. The van der Waals surface area contributed by atoms with Crippen LogP contribution in [0.5, 0.6) is 0 Å². The molecule has 1 N–H and O–H groups in total. The molecule has 0 radical (unpaired) electrons. The lowest BCUT2D eigenvalue weighted by Crippen LogP contribution is -2.23. The number of carboxylic acid groups (broad SMARTS) is 1. The van der Waals surface area contributed by atoms with Gasteiger partial charge in [0.1, 0.15) is 5.52 Å². The molecular formula is C16H19NO3. The Bertz CT molecular complexity index is 638. The number of carbonyl (C=O) groups is 1. The molecule has 0 amide bonds. The van der Waals surface area contributed by atoms with Crippen molar-refractivity contribution in [2.24, 2.45) is 5.41 Å². The van der Waals surface area contributed by atoms with Crippen molar-refractivity contribution in [3.8, 4) is 0 Å². The molecule has 1 saturated carbocycles. The third-order valence-electron chi connectivity index (χ3n) is 4.37. The lowest BCUT2D eigenvalue weighted by atomic mass is 9.79. The molecule has 4 nitrogen and oxygen atoms in total. The fraction of sp³-hybridized carbons (Fsp3) is 0.500. The molecule has 4 heteroatoms. The number of nitrogens with zero attached hydrogens (tertiary/aromatic N) is 1. The minimum atomic E-state index is -0.723. The first kappa shape index (κ1) is 13.2. The van der Waals surface area contributed by atoms with Gasteiger partial charge in [-0.25, -0.2) is 4.98 Å². The summed E-state index contributed by atoms with van der Waals surface area (Å²) in [5, 5.41) is 9.15. The highest BCUT2D eigenvalue weighted by Gasteiger charge is 2.37. The van der Waals surface area contributed by atoms with Crippen LogP contribution in [0, 0.1) is 12.3 Å². The Morgan fingerprint density at radius 2 is 2.15 bits per heavy atom. The average molecular weight is 273 g/mol. The number of aryl methyl sites for hydroxylation is 1. The molecule has 1 aromatic carbocycles. The molecule has 20 heavy (non-hydrogen) atoms. The maximum atomic E-state index is 11.1. The summed E-state index contributed by atoms with van der Waals surface area (Å²) in [6.45, 7) is 2.00. The van der Waals surface area contributed by atoms with E-state index in [2.05, 4.69) is 4.98 Å². The van der Waals surface area contributed by atoms with E-state index in [-0.39, 0.29) is 11.8 Å². The normalized spacial score (nSPS) is 17.6. The molecule has 0 saturated heterocycles. The lowest BCUT2D eigenvalue weighted by Gasteiger charge is -2.25. The van der Waals surface area contributed by atoms with E-state index in [0.717, 1.165) is 42.3 Å². The van der Waals surface area contributed by atoms with E-state index >= 15 is 0 Å². The van der Waals surface area contributed by atoms with Crippen LogP contribution in [0.15, 0.2) is 22.6 Å². The van der Waals surface area contributed by atoms with Gasteiger partial charge in [-0.3, -0.25) is 4.79 Å². The van der Waals surface area contributed by atoms with Crippen molar-refractivity contribution in [1.29, 1.82) is 0 Å². The zero-order chi connectivity index (χ0) is 14.2. The standard InChI is InChI=1S/C16H19NO3/c1-11-5-4-6-12-15(11)20-13(17-12)9-16(10-14(18)19)7-2-3-8-16/h4-6H,2-3,7-10H2,1H3,(H,18,19). The van der Waals surface area contributed by atoms with E-state index in [9.17, 15) is 4.79 Å². The lowest BCUT2D eigenvalue weighted by molar-refractivity contribution is -0.139. The number of benzene rings is 1. The molecule has 1 aliphatic carbocycles. The number of para-hydroxylation sites is 1. The van der Waals surface area contributed by atoms with Crippen LogP contribution in [0.4, 0.5) is 0 Å². The maximum Gasteiger partial charge on any atom is 0.303 e. The zero-order valence-corrected chi connectivity index (χ0v) is 11.7. The van der Waals surface area contributed by atoms with E-state index in [4.69, 9.17) is 9.52 Å². The molecule has 1 aromatic heterocycles. The molecule has 0 spiro atoms. The number of hydrogen-bond donors (Lipinski definition) is 1. The molecule has 0 bridgehead atoms. The predicted molar refractivity (Wildman–Crippen MR) is 75.6 cm³/mol.